The van der Waals surface area contributed by atoms with Crippen LogP contribution in [0.1, 0.15) is 33.6 Å². The van der Waals surface area contributed by atoms with Crippen molar-refractivity contribution in [1.82, 2.24) is 4.90 Å². The molecular weight excluding hydrogens is 164 g/mol. The average Bonchev–Trinajstić information content (AvgIpc) is 2.17. The van der Waals surface area contributed by atoms with Crippen molar-refractivity contribution in [3.8, 4) is 0 Å². The monoisotopic (exact) mass is 186 g/mol. The van der Waals surface area contributed by atoms with Gasteiger partial charge in [0.25, 0.3) is 0 Å². The number of amides is 1. The van der Waals surface area contributed by atoms with Crippen LogP contribution in [0.3, 0.4) is 0 Å². The SMILES string of the molecule is CCC(CC)C(=O)N(C)C(C)CN. The summed E-state index contributed by atoms with van der Waals surface area (Å²) >= 11 is 0. The summed E-state index contributed by atoms with van der Waals surface area (Å²) < 4.78 is 0. The van der Waals surface area contributed by atoms with Crippen molar-refractivity contribution in [1.29, 1.82) is 0 Å². The van der Waals surface area contributed by atoms with Crippen LogP contribution in [0.2, 0.25) is 0 Å². The van der Waals surface area contributed by atoms with E-state index in [1.54, 1.807) is 4.90 Å². The van der Waals surface area contributed by atoms with Gasteiger partial charge in [-0.05, 0) is 19.8 Å². The minimum Gasteiger partial charge on any atom is -0.342 e. The van der Waals surface area contributed by atoms with Crippen LogP contribution in [0.5, 0.6) is 0 Å². The molecule has 3 heteroatoms. The van der Waals surface area contributed by atoms with Crippen LogP contribution in [0.25, 0.3) is 0 Å². The van der Waals surface area contributed by atoms with E-state index in [-0.39, 0.29) is 17.9 Å². The van der Waals surface area contributed by atoms with Crippen LogP contribution in [0.4, 0.5) is 0 Å². The lowest BCUT2D eigenvalue weighted by Crippen LogP contribution is -2.42. The van der Waals surface area contributed by atoms with Gasteiger partial charge in [-0.15, -0.1) is 0 Å². The molecule has 2 N–H and O–H groups in total. The fourth-order valence-electron chi connectivity index (χ4n) is 1.30. The van der Waals surface area contributed by atoms with Gasteiger partial charge in [0.2, 0.25) is 5.91 Å². The summed E-state index contributed by atoms with van der Waals surface area (Å²) in [7, 11) is 1.83. The van der Waals surface area contributed by atoms with Crippen molar-refractivity contribution < 1.29 is 4.79 Å². The number of hydrogen-bond donors (Lipinski definition) is 1. The molecule has 0 bridgehead atoms. The predicted octanol–water partition coefficient (Wildman–Crippen LogP) is 1.23. The second kappa shape index (κ2) is 5.97. The Balaban J connectivity index is 4.22. The van der Waals surface area contributed by atoms with E-state index in [1.807, 2.05) is 27.8 Å². The molecule has 0 saturated carbocycles. The normalized spacial score (nSPS) is 13.1. The highest BCUT2D eigenvalue weighted by Gasteiger charge is 2.21. The van der Waals surface area contributed by atoms with Gasteiger partial charge in [0.15, 0.2) is 0 Å². The fourth-order valence-corrected chi connectivity index (χ4v) is 1.30. The Kier molecular flexibility index (Phi) is 5.71. The molecule has 1 atom stereocenters. The molecule has 0 fully saturated rings. The molecule has 1 amide bonds. The Morgan fingerprint density at radius 1 is 1.38 bits per heavy atom. The van der Waals surface area contributed by atoms with Crippen molar-refractivity contribution >= 4 is 5.91 Å². The van der Waals surface area contributed by atoms with E-state index in [4.69, 9.17) is 5.73 Å². The van der Waals surface area contributed by atoms with E-state index in [1.165, 1.54) is 0 Å². The highest BCUT2D eigenvalue weighted by atomic mass is 16.2. The van der Waals surface area contributed by atoms with Crippen molar-refractivity contribution in [2.45, 2.75) is 39.7 Å². The Labute approximate surface area is 81.3 Å². The Hall–Kier alpha value is -0.570. The smallest absolute Gasteiger partial charge is 0.225 e. The van der Waals surface area contributed by atoms with Crippen molar-refractivity contribution in [2.75, 3.05) is 13.6 Å². The molecule has 0 aliphatic heterocycles. The number of carbonyl (C=O) groups is 1. The highest BCUT2D eigenvalue weighted by Crippen LogP contribution is 2.12. The summed E-state index contributed by atoms with van der Waals surface area (Å²) in [6.45, 7) is 6.60. The molecule has 0 radical (unpaired) electrons. The third-order valence-electron chi connectivity index (χ3n) is 2.68. The first-order valence-corrected chi connectivity index (χ1v) is 5.05. The van der Waals surface area contributed by atoms with Gasteiger partial charge in [-0.2, -0.15) is 0 Å². The number of carbonyl (C=O) groups excluding carboxylic acids is 1. The van der Waals surface area contributed by atoms with Gasteiger partial charge in [-0.1, -0.05) is 13.8 Å². The molecule has 0 spiro atoms. The van der Waals surface area contributed by atoms with Gasteiger partial charge in [0.05, 0.1) is 0 Å². The summed E-state index contributed by atoms with van der Waals surface area (Å²) in [5.41, 5.74) is 5.50. The standard InChI is InChI=1S/C10H22N2O/c1-5-9(6-2)10(13)12(4)8(3)7-11/h8-9H,5-7,11H2,1-4H3. The highest BCUT2D eigenvalue weighted by molar-refractivity contribution is 5.78. The van der Waals surface area contributed by atoms with E-state index in [0.29, 0.717) is 6.54 Å². The lowest BCUT2D eigenvalue weighted by molar-refractivity contribution is -0.136. The number of hydrogen-bond acceptors (Lipinski definition) is 2. The van der Waals surface area contributed by atoms with Crippen molar-refractivity contribution in [2.24, 2.45) is 11.7 Å². The third-order valence-corrected chi connectivity index (χ3v) is 2.68. The first kappa shape index (κ1) is 12.4. The molecule has 0 aromatic rings. The topological polar surface area (TPSA) is 46.3 Å². The zero-order valence-electron chi connectivity index (χ0n) is 9.21. The summed E-state index contributed by atoms with van der Waals surface area (Å²) in [5.74, 6) is 0.391. The van der Waals surface area contributed by atoms with Gasteiger partial charge in [0, 0.05) is 25.6 Å². The number of nitrogens with two attached hydrogens (primary N) is 1. The zero-order chi connectivity index (χ0) is 10.4. The van der Waals surface area contributed by atoms with Gasteiger partial charge in [-0.3, -0.25) is 4.79 Å². The Morgan fingerprint density at radius 3 is 2.15 bits per heavy atom. The first-order valence-electron chi connectivity index (χ1n) is 5.05. The van der Waals surface area contributed by atoms with Crippen molar-refractivity contribution in [3.05, 3.63) is 0 Å². The first-order chi connectivity index (χ1) is 6.08. The van der Waals surface area contributed by atoms with Gasteiger partial charge >= 0.3 is 0 Å². The Morgan fingerprint density at radius 2 is 1.85 bits per heavy atom. The van der Waals surface area contributed by atoms with E-state index in [9.17, 15) is 4.79 Å². The maximum atomic E-state index is 11.8. The summed E-state index contributed by atoms with van der Waals surface area (Å²) in [5, 5.41) is 0. The molecule has 0 aromatic heterocycles. The molecular formula is C10H22N2O. The van der Waals surface area contributed by atoms with E-state index in [2.05, 4.69) is 0 Å². The second-order valence-corrected chi connectivity index (χ2v) is 3.55. The minimum absolute atomic E-state index is 0.146. The maximum Gasteiger partial charge on any atom is 0.225 e. The predicted molar refractivity (Wildman–Crippen MR) is 55.4 cm³/mol. The molecule has 13 heavy (non-hydrogen) atoms. The fraction of sp³-hybridized carbons (Fsp3) is 0.900. The minimum atomic E-state index is 0.146. The number of nitrogens with zero attached hydrogens (tertiary/aromatic N) is 1. The molecule has 0 aliphatic carbocycles. The molecule has 1 unspecified atom stereocenters. The largest absolute Gasteiger partial charge is 0.342 e. The van der Waals surface area contributed by atoms with Crippen LogP contribution in [0.15, 0.2) is 0 Å². The molecule has 0 heterocycles. The molecule has 3 nitrogen and oxygen atoms in total. The Bertz CT molecular complexity index is 155. The lowest BCUT2D eigenvalue weighted by atomic mass is 10.0. The van der Waals surface area contributed by atoms with E-state index < -0.39 is 0 Å². The van der Waals surface area contributed by atoms with Crippen LogP contribution >= 0.6 is 0 Å². The third kappa shape index (κ3) is 3.35. The number of rotatable bonds is 5. The summed E-state index contributed by atoms with van der Waals surface area (Å²) in [6, 6.07) is 0.146. The van der Waals surface area contributed by atoms with Crippen LogP contribution in [-0.4, -0.2) is 30.4 Å². The van der Waals surface area contributed by atoms with Crippen LogP contribution in [0, 0.1) is 5.92 Å². The summed E-state index contributed by atoms with van der Waals surface area (Å²) in [4.78, 5) is 13.5. The van der Waals surface area contributed by atoms with Gasteiger partial charge in [-0.25, -0.2) is 0 Å². The maximum absolute atomic E-state index is 11.8. The van der Waals surface area contributed by atoms with Crippen molar-refractivity contribution in [3.63, 3.8) is 0 Å². The zero-order valence-corrected chi connectivity index (χ0v) is 9.21. The van der Waals surface area contributed by atoms with E-state index >= 15 is 0 Å². The lowest BCUT2D eigenvalue weighted by Gasteiger charge is -2.27. The average molecular weight is 186 g/mol. The van der Waals surface area contributed by atoms with Crippen LogP contribution < -0.4 is 5.73 Å². The molecule has 0 rings (SSSR count). The van der Waals surface area contributed by atoms with Gasteiger partial charge < -0.3 is 10.6 Å². The number of likely N-dealkylation sites (N-methyl/N-ethyl adjacent to an activating group) is 1. The van der Waals surface area contributed by atoms with E-state index in [0.717, 1.165) is 12.8 Å². The molecule has 78 valence electrons. The second-order valence-electron chi connectivity index (χ2n) is 3.55. The van der Waals surface area contributed by atoms with Crippen LogP contribution in [-0.2, 0) is 4.79 Å². The molecule has 0 aliphatic rings. The summed E-state index contributed by atoms with van der Waals surface area (Å²) in [6.07, 6.45) is 1.83. The van der Waals surface area contributed by atoms with Gasteiger partial charge in [0.1, 0.15) is 0 Å². The molecule has 0 aromatic carbocycles. The quantitative estimate of drug-likeness (QED) is 0.702. The molecule has 0 saturated heterocycles.